The molecule has 2 N–H and O–H groups in total. The molecule has 0 unspecified atom stereocenters. The van der Waals surface area contributed by atoms with E-state index in [-0.39, 0.29) is 0 Å². The van der Waals surface area contributed by atoms with Crippen LogP contribution in [0.5, 0.6) is 0 Å². The zero-order valence-corrected chi connectivity index (χ0v) is 8.99. The molecule has 0 spiro atoms. The molecule has 0 amide bonds. The number of piperidine rings is 1. The summed E-state index contributed by atoms with van der Waals surface area (Å²) < 4.78 is 0. The SMILES string of the molecule is NC1CCN(C(C2CC2)C2CC2)CC1. The van der Waals surface area contributed by atoms with E-state index in [1.165, 1.54) is 51.6 Å². The summed E-state index contributed by atoms with van der Waals surface area (Å²) in [7, 11) is 0. The summed E-state index contributed by atoms with van der Waals surface area (Å²) in [6.45, 7) is 2.55. The quantitative estimate of drug-likeness (QED) is 0.739. The van der Waals surface area contributed by atoms with Crippen LogP contribution < -0.4 is 5.73 Å². The van der Waals surface area contributed by atoms with Crippen LogP contribution in [-0.4, -0.2) is 30.1 Å². The van der Waals surface area contributed by atoms with E-state index in [0.29, 0.717) is 6.04 Å². The van der Waals surface area contributed by atoms with Crippen molar-refractivity contribution in [2.24, 2.45) is 17.6 Å². The molecule has 1 aliphatic heterocycles. The third-order valence-corrected chi connectivity index (χ3v) is 4.21. The molecule has 0 aromatic rings. The summed E-state index contributed by atoms with van der Waals surface area (Å²) in [5, 5.41) is 0. The molecule has 0 atom stereocenters. The molecule has 80 valence electrons. The van der Waals surface area contributed by atoms with Gasteiger partial charge in [0.1, 0.15) is 0 Å². The van der Waals surface area contributed by atoms with Gasteiger partial charge in [-0.25, -0.2) is 0 Å². The van der Waals surface area contributed by atoms with Crippen molar-refractivity contribution in [3.05, 3.63) is 0 Å². The molecule has 2 nitrogen and oxygen atoms in total. The van der Waals surface area contributed by atoms with E-state index in [9.17, 15) is 0 Å². The Hall–Kier alpha value is -0.0800. The standard InChI is InChI=1S/C12H22N2/c13-11-5-7-14(8-6-11)12(9-1-2-9)10-3-4-10/h9-12H,1-8,13H2. The lowest BCUT2D eigenvalue weighted by Gasteiger charge is -2.37. The van der Waals surface area contributed by atoms with E-state index < -0.39 is 0 Å². The van der Waals surface area contributed by atoms with Gasteiger partial charge < -0.3 is 5.73 Å². The van der Waals surface area contributed by atoms with Crippen molar-refractivity contribution < 1.29 is 0 Å². The summed E-state index contributed by atoms with van der Waals surface area (Å²) in [5.41, 5.74) is 5.95. The Morgan fingerprint density at radius 1 is 0.857 bits per heavy atom. The molecule has 2 saturated carbocycles. The molecule has 2 heteroatoms. The van der Waals surface area contributed by atoms with Crippen molar-refractivity contribution in [1.82, 2.24) is 4.90 Å². The van der Waals surface area contributed by atoms with Crippen molar-refractivity contribution in [2.75, 3.05) is 13.1 Å². The minimum atomic E-state index is 0.491. The topological polar surface area (TPSA) is 29.3 Å². The molecule has 1 saturated heterocycles. The van der Waals surface area contributed by atoms with Crippen LogP contribution >= 0.6 is 0 Å². The van der Waals surface area contributed by atoms with Crippen LogP contribution in [0.1, 0.15) is 38.5 Å². The maximum Gasteiger partial charge on any atom is 0.0152 e. The van der Waals surface area contributed by atoms with Gasteiger partial charge in [0.15, 0.2) is 0 Å². The lowest BCUT2D eigenvalue weighted by atomic mass is 9.99. The van der Waals surface area contributed by atoms with Crippen molar-refractivity contribution in [2.45, 2.75) is 50.6 Å². The maximum atomic E-state index is 5.95. The van der Waals surface area contributed by atoms with Gasteiger partial charge in [-0.1, -0.05) is 0 Å². The number of rotatable bonds is 3. The summed E-state index contributed by atoms with van der Waals surface area (Å²) in [4.78, 5) is 2.76. The van der Waals surface area contributed by atoms with Crippen LogP contribution in [0.2, 0.25) is 0 Å². The van der Waals surface area contributed by atoms with Gasteiger partial charge in [0, 0.05) is 12.1 Å². The van der Waals surface area contributed by atoms with E-state index in [2.05, 4.69) is 4.90 Å². The molecule has 14 heavy (non-hydrogen) atoms. The highest BCUT2D eigenvalue weighted by molar-refractivity contribution is 4.98. The van der Waals surface area contributed by atoms with Crippen molar-refractivity contribution >= 4 is 0 Å². The second-order valence-electron chi connectivity index (χ2n) is 5.54. The minimum Gasteiger partial charge on any atom is -0.328 e. The predicted octanol–water partition coefficient (Wildman–Crippen LogP) is 1.60. The Morgan fingerprint density at radius 2 is 1.36 bits per heavy atom. The number of hydrogen-bond acceptors (Lipinski definition) is 2. The van der Waals surface area contributed by atoms with E-state index in [1.807, 2.05) is 0 Å². The van der Waals surface area contributed by atoms with E-state index in [0.717, 1.165) is 17.9 Å². The highest BCUT2D eigenvalue weighted by atomic mass is 15.2. The third-order valence-electron chi connectivity index (χ3n) is 4.21. The number of hydrogen-bond donors (Lipinski definition) is 1. The van der Waals surface area contributed by atoms with Crippen LogP contribution in [0.3, 0.4) is 0 Å². The van der Waals surface area contributed by atoms with Gasteiger partial charge in [0.05, 0.1) is 0 Å². The summed E-state index contributed by atoms with van der Waals surface area (Å²) in [6, 6.07) is 1.45. The summed E-state index contributed by atoms with van der Waals surface area (Å²) in [5.74, 6) is 2.13. The van der Waals surface area contributed by atoms with Gasteiger partial charge in [-0.2, -0.15) is 0 Å². The van der Waals surface area contributed by atoms with E-state index in [1.54, 1.807) is 0 Å². The van der Waals surface area contributed by atoms with Crippen molar-refractivity contribution in [3.63, 3.8) is 0 Å². The van der Waals surface area contributed by atoms with E-state index in [4.69, 9.17) is 5.73 Å². The number of nitrogens with zero attached hydrogens (tertiary/aromatic N) is 1. The van der Waals surface area contributed by atoms with Gasteiger partial charge in [0.25, 0.3) is 0 Å². The molecule has 3 fully saturated rings. The van der Waals surface area contributed by atoms with Gasteiger partial charge in [-0.05, 0) is 63.5 Å². The first kappa shape index (κ1) is 9.17. The molecule has 1 heterocycles. The highest BCUT2D eigenvalue weighted by Gasteiger charge is 2.44. The van der Waals surface area contributed by atoms with Crippen molar-refractivity contribution in [3.8, 4) is 0 Å². The molecule has 2 aliphatic carbocycles. The van der Waals surface area contributed by atoms with Gasteiger partial charge >= 0.3 is 0 Å². The van der Waals surface area contributed by atoms with Gasteiger partial charge in [-0.3, -0.25) is 4.90 Å². The fraction of sp³-hybridized carbons (Fsp3) is 1.00. The lowest BCUT2D eigenvalue weighted by molar-refractivity contribution is 0.121. The summed E-state index contributed by atoms with van der Waals surface area (Å²) in [6.07, 6.45) is 8.48. The molecule has 0 bridgehead atoms. The largest absolute Gasteiger partial charge is 0.328 e. The minimum absolute atomic E-state index is 0.491. The van der Waals surface area contributed by atoms with Gasteiger partial charge in [0.2, 0.25) is 0 Å². The molecule has 3 aliphatic rings. The first-order valence-electron chi connectivity index (χ1n) is 6.34. The Bertz CT molecular complexity index is 188. The molecule has 0 radical (unpaired) electrons. The Morgan fingerprint density at radius 3 is 1.79 bits per heavy atom. The average Bonchev–Trinajstić information content (AvgIpc) is 3.00. The van der Waals surface area contributed by atoms with Crippen LogP contribution in [0.25, 0.3) is 0 Å². The lowest BCUT2D eigenvalue weighted by Crippen LogP contribution is -2.46. The monoisotopic (exact) mass is 194 g/mol. The second kappa shape index (κ2) is 3.49. The third kappa shape index (κ3) is 1.82. The predicted molar refractivity (Wildman–Crippen MR) is 58.0 cm³/mol. The second-order valence-corrected chi connectivity index (χ2v) is 5.54. The first-order chi connectivity index (χ1) is 6.84. The summed E-state index contributed by atoms with van der Waals surface area (Å²) >= 11 is 0. The smallest absolute Gasteiger partial charge is 0.0152 e. The zero-order valence-electron chi connectivity index (χ0n) is 8.99. The normalized spacial score (nSPS) is 31.3. The van der Waals surface area contributed by atoms with Crippen LogP contribution in [0.4, 0.5) is 0 Å². The highest BCUT2D eigenvalue weighted by Crippen LogP contribution is 2.47. The molecular formula is C12H22N2. The van der Waals surface area contributed by atoms with Crippen LogP contribution in [0.15, 0.2) is 0 Å². The van der Waals surface area contributed by atoms with Crippen LogP contribution in [0, 0.1) is 11.8 Å². The maximum absolute atomic E-state index is 5.95. The molecule has 0 aromatic heterocycles. The average molecular weight is 194 g/mol. The fourth-order valence-corrected chi connectivity index (χ4v) is 3.07. The van der Waals surface area contributed by atoms with Crippen LogP contribution in [-0.2, 0) is 0 Å². The van der Waals surface area contributed by atoms with Crippen molar-refractivity contribution in [1.29, 1.82) is 0 Å². The molecule has 3 rings (SSSR count). The Balaban J connectivity index is 1.61. The first-order valence-corrected chi connectivity index (χ1v) is 6.34. The van der Waals surface area contributed by atoms with Gasteiger partial charge in [-0.15, -0.1) is 0 Å². The number of nitrogens with two attached hydrogens (primary N) is 1. The number of likely N-dealkylation sites (tertiary alicyclic amines) is 1. The Kier molecular flexibility index (Phi) is 2.29. The molecular weight excluding hydrogens is 172 g/mol. The fourth-order valence-electron chi connectivity index (χ4n) is 3.07. The Labute approximate surface area is 86.8 Å². The van der Waals surface area contributed by atoms with E-state index >= 15 is 0 Å². The molecule has 0 aromatic carbocycles. The zero-order chi connectivity index (χ0) is 9.54.